The van der Waals surface area contributed by atoms with Crippen LogP contribution in [0.2, 0.25) is 0 Å². The van der Waals surface area contributed by atoms with Crippen molar-refractivity contribution in [3.05, 3.63) is 24.3 Å². The highest BCUT2D eigenvalue weighted by atomic mass is 15.1. The van der Waals surface area contributed by atoms with Gasteiger partial charge < -0.3 is 4.90 Å². The van der Waals surface area contributed by atoms with Gasteiger partial charge in [0.2, 0.25) is 0 Å². The van der Waals surface area contributed by atoms with Gasteiger partial charge in [-0.3, -0.25) is 0 Å². The molecule has 0 spiro atoms. The Kier molecular flexibility index (Phi) is 39.9. The molecule has 0 N–H and O–H groups in total. The third-order valence-corrected chi connectivity index (χ3v) is 9.60. The minimum atomic E-state index is 1.31. The molecule has 0 atom stereocenters. The fraction of sp³-hybridized carbons (Fsp3) is 0.907. The van der Waals surface area contributed by atoms with Gasteiger partial charge in [0, 0.05) is 0 Å². The second-order valence-electron chi connectivity index (χ2n) is 14.3. The summed E-state index contributed by atoms with van der Waals surface area (Å²) < 4.78 is 0. The first-order valence-electron chi connectivity index (χ1n) is 20.8. The Morgan fingerprint density at radius 3 is 0.727 bits per heavy atom. The molecule has 0 aliphatic rings. The molecule has 1 nitrogen and oxygen atoms in total. The van der Waals surface area contributed by atoms with Crippen LogP contribution in [0.4, 0.5) is 0 Å². The summed E-state index contributed by atoms with van der Waals surface area (Å²) in [7, 11) is 2.34. The molecule has 0 bridgehead atoms. The van der Waals surface area contributed by atoms with E-state index in [2.05, 4.69) is 50.1 Å². The molecule has 44 heavy (non-hydrogen) atoms. The lowest BCUT2D eigenvalue weighted by molar-refractivity contribution is 0.314. The largest absolute Gasteiger partial charge is 0.306 e. The maximum absolute atomic E-state index is 2.59. The zero-order valence-corrected chi connectivity index (χ0v) is 31.2. The van der Waals surface area contributed by atoms with E-state index in [1.807, 2.05) is 0 Å². The van der Waals surface area contributed by atoms with Crippen LogP contribution < -0.4 is 0 Å². The molecule has 0 radical (unpaired) electrons. The van der Waals surface area contributed by atoms with Crippen molar-refractivity contribution in [1.29, 1.82) is 0 Å². The van der Waals surface area contributed by atoms with Crippen LogP contribution in [-0.2, 0) is 0 Å². The van der Waals surface area contributed by atoms with Crippen LogP contribution in [0.15, 0.2) is 24.3 Å². The molecule has 0 heterocycles. The Morgan fingerprint density at radius 2 is 0.477 bits per heavy atom. The number of rotatable bonds is 38. The van der Waals surface area contributed by atoms with Crippen molar-refractivity contribution >= 4 is 0 Å². The summed E-state index contributed by atoms with van der Waals surface area (Å²) in [5.41, 5.74) is 0. The predicted octanol–water partition coefficient (Wildman–Crippen LogP) is 15.3. The van der Waals surface area contributed by atoms with Crippen LogP contribution in [0.3, 0.4) is 0 Å². The van der Waals surface area contributed by atoms with Gasteiger partial charge in [0.15, 0.2) is 0 Å². The van der Waals surface area contributed by atoms with E-state index >= 15 is 0 Å². The van der Waals surface area contributed by atoms with Crippen molar-refractivity contribution in [1.82, 2.24) is 4.90 Å². The fourth-order valence-electron chi connectivity index (χ4n) is 6.43. The van der Waals surface area contributed by atoms with E-state index in [1.165, 1.54) is 231 Å². The molecule has 0 saturated heterocycles. The van der Waals surface area contributed by atoms with Crippen molar-refractivity contribution in [3.63, 3.8) is 0 Å². The molecule has 0 aromatic carbocycles. The monoisotopic (exact) mass is 616 g/mol. The Hall–Kier alpha value is -0.560. The zero-order valence-electron chi connectivity index (χ0n) is 31.2. The van der Waals surface area contributed by atoms with Gasteiger partial charge in [0.1, 0.15) is 0 Å². The van der Waals surface area contributed by atoms with Gasteiger partial charge >= 0.3 is 0 Å². The molecule has 0 aromatic heterocycles. The quantitative estimate of drug-likeness (QED) is 0.0493. The van der Waals surface area contributed by atoms with Crippen molar-refractivity contribution in [3.8, 4) is 0 Å². The molecule has 0 saturated carbocycles. The van der Waals surface area contributed by atoms with Crippen LogP contribution >= 0.6 is 0 Å². The SMILES string of the molecule is CCCCCCCC/C=C\CCCCCCCCCCCN(C)CCCCCCCCCCC/C=C\CCCCCCCC. The maximum Gasteiger partial charge on any atom is -0.00218 e. The number of nitrogens with zero attached hydrogens (tertiary/aromatic N) is 1. The smallest absolute Gasteiger partial charge is 0.00218 e. The second-order valence-corrected chi connectivity index (χ2v) is 14.3. The van der Waals surface area contributed by atoms with Crippen LogP contribution in [0.5, 0.6) is 0 Å². The first-order valence-corrected chi connectivity index (χ1v) is 20.8. The third kappa shape index (κ3) is 39.5. The highest BCUT2D eigenvalue weighted by Crippen LogP contribution is 2.14. The predicted molar refractivity (Wildman–Crippen MR) is 204 cm³/mol. The number of hydrogen-bond acceptors (Lipinski definition) is 1. The highest BCUT2D eigenvalue weighted by molar-refractivity contribution is 4.82. The lowest BCUT2D eigenvalue weighted by Crippen LogP contribution is -2.20. The first kappa shape index (κ1) is 43.4. The fourth-order valence-corrected chi connectivity index (χ4v) is 6.43. The average Bonchev–Trinajstić information content (AvgIpc) is 3.03. The molecule has 0 rings (SSSR count). The molecule has 0 amide bonds. The number of unbranched alkanes of at least 4 members (excludes halogenated alkanes) is 30. The van der Waals surface area contributed by atoms with Crippen molar-refractivity contribution in [2.24, 2.45) is 0 Å². The van der Waals surface area contributed by atoms with E-state index < -0.39 is 0 Å². The summed E-state index contributed by atoms with van der Waals surface area (Å²) in [5, 5.41) is 0. The van der Waals surface area contributed by atoms with E-state index in [4.69, 9.17) is 0 Å². The molecule has 0 aliphatic heterocycles. The van der Waals surface area contributed by atoms with E-state index in [0.29, 0.717) is 0 Å². The van der Waals surface area contributed by atoms with E-state index in [1.54, 1.807) is 0 Å². The lowest BCUT2D eigenvalue weighted by atomic mass is 10.1. The van der Waals surface area contributed by atoms with Gasteiger partial charge in [-0.25, -0.2) is 0 Å². The Bertz CT molecular complexity index is 501. The molecule has 1 heteroatoms. The summed E-state index contributed by atoms with van der Waals surface area (Å²) in [5.74, 6) is 0. The standard InChI is InChI=1S/C43H85N/c1-4-6-8-10-12-14-16-18-20-22-24-26-28-30-32-34-36-38-40-42-44(3)43-41-39-37-35-33-31-29-27-25-23-21-19-17-15-13-11-9-7-5-2/h18-21H,4-17,22-43H2,1-3H3/b20-18-,21-19-. The van der Waals surface area contributed by atoms with Gasteiger partial charge in [-0.2, -0.15) is 0 Å². The van der Waals surface area contributed by atoms with E-state index in [0.717, 1.165) is 0 Å². The number of allylic oxidation sites excluding steroid dienone is 4. The molecule has 0 fully saturated rings. The highest BCUT2D eigenvalue weighted by Gasteiger charge is 2.00. The lowest BCUT2D eigenvalue weighted by Gasteiger charge is -2.16. The van der Waals surface area contributed by atoms with E-state index in [-0.39, 0.29) is 0 Å². The summed E-state index contributed by atoms with van der Waals surface area (Å²) >= 11 is 0. The van der Waals surface area contributed by atoms with Gasteiger partial charge in [-0.15, -0.1) is 0 Å². The minimum Gasteiger partial charge on any atom is -0.306 e. The van der Waals surface area contributed by atoms with Crippen molar-refractivity contribution < 1.29 is 0 Å². The Morgan fingerprint density at radius 1 is 0.273 bits per heavy atom. The topological polar surface area (TPSA) is 3.24 Å². The Labute approximate surface area is 280 Å². The average molecular weight is 616 g/mol. The summed E-state index contributed by atoms with van der Waals surface area (Å²) in [6.07, 6.45) is 57.9. The van der Waals surface area contributed by atoms with E-state index in [9.17, 15) is 0 Å². The summed E-state index contributed by atoms with van der Waals surface area (Å²) in [6.45, 7) is 7.21. The number of hydrogen-bond donors (Lipinski definition) is 0. The molecular weight excluding hydrogens is 530 g/mol. The van der Waals surface area contributed by atoms with Crippen LogP contribution in [-0.4, -0.2) is 25.0 Å². The summed E-state index contributed by atoms with van der Waals surface area (Å²) in [6, 6.07) is 0. The van der Waals surface area contributed by atoms with Crippen LogP contribution in [0, 0.1) is 0 Å². The molecule has 0 aliphatic carbocycles. The minimum absolute atomic E-state index is 1.31. The van der Waals surface area contributed by atoms with Gasteiger partial charge in [0.25, 0.3) is 0 Å². The molecule has 0 aromatic rings. The normalized spacial score (nSPS) is 12.1. The van der Waals surface area contributed by atoms with Crippen LogP contribution in [0.25, 0.3) is 0 Å². The van der Waals surface area contributed by atoms with Crippen molar-refractivity contribution in [2.45, 2.75) is 232 Å². The zero-order chi connectivity index (χ0) is 31.9. The maximum atomic E-state index is 2.59. The van der Waals surface area contributed by atoms with Crippen molar-refractivity contribution in [2.75, 3.05) is 20.1 Å². The van der Waals surface area contributed by atoms with Gasteiger partial charge in [-0.05, 0) is 84.3 Å². The Balaban J connectivity index is 3.20. The van der Waals surface area contributed by atoms with Gasteiger partial charge in [0.05, 0.1) is 0 Å². The van der Waals surface area contributed by atoms with Crippen LogP contribution in [0.1, 0.15) is 232 Å². The molecule has 0 unspecified atom stereocenters. The van der Waals surface area contributed by atoms with Gasteiger partial charge in [-0.1, -0.05) is 192 Å². The first-order chi connectivity index (χ1) is 21.8. The molecule has 262 valence electrons. The molecular formula is C43H85N. The third-order valence-electron chi connectivity index (χ3n) is 9.60. The second kappa shape index (κ2) is 40.5. The summed E-state index contributed by atoms with van der Waals surface area (Å²) in [4.78, 5) is 2.59.